The summed E-state index contributed by atoms with van der Waals surface area (Å²) in [6, 6.07) is 5.08. The zero-order valence-electron chi connectivity index (χ0n) is 14.6. The summed E-state index contributed by atoms with van der Waals surface area (Å²) >= 11 is 0. The SMILES string of the molecule is COc1ccc2cc(C(=O)NC(C)(C)C)c(=O)n3c2c1OCC3C. The van der Waals surface area contributed by atoms with Crippen LogP contribution >= 0.6 is 0 Å². The summed E-state index contributed by atoms with van der Waals surface area (Å²) in [6.45, 7) is 7.90. The first-order valence-corrected chi connectivity index (χ1v) is 7.94. The van der Waals surface area contributed by atoms with Gasteiger partial charge in [0.15, 0.2) is 11.5 Å². The Morgan fingerprint density at radius 1 is 1.38 bits per heavy atom. The van der Waals surface area contributed by atoms with Crippen LogP contribution in [-0.4, -0.2) is 29.7 Å². The van der Waals surface area contributed by atoms with Gasteiger partial charge in [-0.15, -0.1) is 0 Å². The van der Waals surface area contributed by atoms with Crippen LogP contribution in [0.4, 0.5) is 0 Å². The zero-order valence-corrected chi connectivity index (χ0v) is 14.6. The number of carbonyl (C=O) groups excluding carboxylic acids is 1. The molecule has 1 aliphatic heterocycles. The van der Waals surface area contributed by atoms with E-state index < -0.39 is 5.54 Å². The van der Waals surface area contributed by atoms with E-state index >= 15 is 0 Å². The lowest BCUT2D eigenvalue weighted by Crippen LogP contribution is -2.44. The minimum atomic E-state index is -0.416. The third kappa shape index (κ3) is 2.62. The molecule has 1 atom stereocenters. The van der Waals surface area contributed by atoms with Crippen LogP contribution in [0.1, 0.15) is 44.1 Å². The van der Waals surface area contributed by atoms with Crippen LogP contribution < -0.4 is 20.3 Å². The molecule has 0 aliphatic carbocycles. The molecule has 2 aromatic rings. The number of carbonyl (C=O) groups is 1. The Balaban J connectivity index is 2.28. The second-order valence-electron chi connectivity index (χ2n) is 7.13. The number of hydrogen-bond donors (Lipinski definition) is 1. The molecule has 1 amide bonds. The van der Waals surface area contributed by atoms with Crippen molar-refractivity contribution in [2.75, 3.05) is 13.7 Å². The van der Waals surface area contributed by atoms with Crippen LogP contribution in [0.15, 0.2) is 23.0 Å². The molecule has 0 saturated carbocycles. The first-order chi connectivity index (χ1) is 11.2. The van der Waals surface area contributed by atoms with E-state index in [1.807, 2.05) is 33.8 Å². The number of pyridine rings is 1. The van der Waals surface area contributed by atoms with Crippen LogP contribution in [0, 0.1) is 0 Å². The van der Waals surface area contributed by atoms with Crippen molar-refractivity contribution in [2.45, 2.75) is 39.3 Å². The normalized spacial score (nSPS) is 16.6. The van der Waals surface area contributed by atoms with Crippen molar-refractivity contribution in [3.8, 4) is 11.5 Å². The Hall–Kier alpha value is -2.50. The lowest BCUT2D eigenvalue weighted by molar-refractivity contribution is 0.0917. The highest BCUT2D eigenvalue weighted by Crippen LogP contribution is 2.39. The van der Waals surface area contributed by atoms with Crippen LogP contribution in [-0.2, 0) is 0 Å². The molecule has 0 saturated heterocycles. The average molecular weight is 330 g/mol. The quantitative estimate of drug-likeness (QED) is 0.918. The van der Waals surface area contributed by atoms with E-state index in [1.54, 1.807) is 23.8 Å². The molecule has 1 aromatic carbocycles. The molecule has 6 heteroatoms. The fraction of sp³-hybridized carbons (Fsp3) is 0.444. The summed E-state index contributed by atoms with van der Waals surface area (Å²) in [7, 11) is 1.56. The van der Waals surface area contributed by atoms with Crippen LogP contribution in [0.3, 0.4) is 0 Å². The molecular formula is C18H22N2O4. The van der Waals surface area contributed by atoms with Gasteiger partial charge in [-0.1, -0.05) is 0 Å². The number of methoxy groups -OCH3 is 1. The number of benzene rings is 1. The first kappa shape index (κ1) is 16.4. The molecule has 24 heavy (non-hydrogen) atoms. The third-order valence-corrected chi connectivity index (χ3v) is 3.98. The van der Waals surface area contributed by atoms with Crippen molar-refractivity contribution in [2.24, 2.45) is 0 Å². The van der Waals surface area contributed by atoms with Gasteiger partial charge < -0.3 is 14.8 Å². The Kier molecular flexibility index (Phi) is 3.78. The number of ether oxygens (including phenoxy) is 2. The van der Waals surface area contributed by atoms with Gasteiger partial charge in [0.25, 0.3) is 11.5 Å². The maximum atomic E-state index is 12.9. The van der Waals surface area contributed by atoms with Crippen molar-refractivity contribution < 1.29 is 14.3 Å². The van der Waals surface area contributed by atoms with E-state index in [9.17, 15) is 9.59 Å². The van der Waals surface area contributed by atoms with Crippen molar-refractivity contribution >= 4 is 16.8 Å². The summed E-state index contributed by atoms with van der Waals surface area (Å²) in [5.74, 6) is 0.761. The third-order valence-electron chi connectivity index (χ3n) is 3.98. The summed E-state index contributed by atoms with van der Waals surface area (Å²) < 4.78 is 12.7. The van der Waals surface area contributed by atoms with E-state index in [0.29, 0.717) is 23.6 Å². The minimum absolute atomic E-state index is 0.141. The molecule has 1 aliphatic rings. The smallest absolute Gasteiger partial charge is 0.264 e. The number of nitrogens with zero attached hydrogens (tertiary/aromatic N) is 1. The van der Waals surface area contributed by atoms with Crippen molar-refractivity contribution in [1.82, 2.24) is 9.88 Å². The zero-order chi connectivity index (χ0) is 17.6. The van der Waals surface area contributed by atoms with E-state index in [1.165, 1.54) is 0 Å². The highest BCUT2D eigenvalue weighted by atomic mass is 16.5. The van der Waals surface area contributed by atoms with Gasteiger partial charge in [-0.2, -0.15) is 0 Å². The highest BCUT2D eigenvalue weighted by molar-refractivity contribution is 5.99. The van der Waals surface area contributed by atoms with Crippen molar-refractivity contribution in [3.63, 3.8) is 0 Å². The molecule has 2 heterocycles. The topological polar surface area (TPSA) is 69.6 Å². The number of hydrogen-bond acceptors (Lipinski definition) is 4. The fourth-order valence-corrected chi connectivity index (χ4v) is 2.95. The lowest BCUT2D eigenvalue weighted by Gasteiger charge is -2.28. The van der Waals surface area contributed by atoms with Crippen molar-refractivity contribution in [3.05, 3.63) is 34.1 Å². The standard InChI is InChI=1S/C18H22N2O4/c1-10-9-24-15-13(23-5)7-6-11-8-12(16(21)19-18(2,3)4)17(22)20(10)14(11)15/h6-8,10H,9H2,1-5H3,(H,19,21). The fourth-order valence-electron chi connectivity index (χ4n) is 2.95. The van der Waals surface area contributed by atoms with Crippen molar-refractivity contribution in [1.29, 1.82) is 0 Å². The number of aromatic nitrogens is 1. The number of rotatable bonds is 2. The van der Waals surface area contributed by atoms with Gasteiger partial charge >= 0.3 is 0 Å². The van der Waals surface area contributed by atoms with Gasteiger partial charge in [-0.05, 0) is 45.9 Å². The van der Waals surface area contributed by atoms with E-state index in [-0.39, 0.29) is 23.1 Å². The number of nitrogens with one attached hydrogen (secondary N) is 1. The van der Waals surface area contributed by atoms with E-state index in [2.05, 4.69) is 5.32 Å². The summed E-state index contributed by atoms with van der Waals surface area (Å²) in [6.07, 6.45) is 0. The van der Waals surface area contributed by atoms with Crippen LogP contribution in [0.2, 0.25) is 0 Å². The Morgan fingerprint density at radius 2 is 2.08 bits per heavy atom. The van der Waals surface area contributed by atoms with Crippen LogP contribution in [0.25, 0.3) is 10.9 Å². The maximum absolute atomic E-state index is 12.9. The molecule has 0 fully saturated rings. The van der Waals surface area contributed by atoms with E-state index in [4.69, 9.17) is 9.47 Å². The molecule has 1 aromatic heterocycles. The van der Waals surface area contributed by atoms with Gasteiger partial charge in [0, 0.05) is 10.9 Å². The first-order valence-electron chi connectivity index (χ1n) is 7.94. The average Bonchev–Trinajstić information content (AvgIpc) is 2.49. The molecule has 1 N–H and O–H groups in total. The highest BCUT2D eigenvalue weighted by Gasteiger charge is 2.27. The van der Waals surface area contributed by atoms with E-state index in [0.717, 1.165) is 5.39 Å². The minimum Gasteiger partial charge on any atom is -0.493 e. The summed E-state index contributed by atoms with van der Waals surface area (Å²) in [5, 5.41) is 3.63. The maximum Gasteiger partial charge on any atom is 0.264 e. The summed E-state index contributed by atoms with van der Waals surface area (Å²) in [4.78, 5) is 25.5. The molecule has 1 unspecified atom stereocenters. The number of amides is 1. The Bertz CT molecular complexity index is 877. The van der Waals surface area contributed by atoms with Gasteiger partial charge in [0.2, 0.25) is 0 Å². The second kappa shape index (κ2) is 5.54. The Morgan fingerprint density at radius 3 is 2.71 bits per heavy atom. The molecule has 3 rings (SSSR count). The monoisotopic (exact) mass is 330 g/mol. The van der Waals surface area contributed by atoms with Crippen LogP contribution in [0.5, 0.6) is 11.5 Å². The molecule has 0 bridgehead atoms. The summed E-state index contributed by atoms with van der Waals surface area (Å²) in [5.41, 5.74) is 0.0856. The predicted molar refractivity (Wildman–Crippen MR) is 92.2 cm³/mol. The van der Waals surface area contributed by atoms with Gasteiger partial charge in [-0.25, -0.2) is 0 Å². The molecule has 6 nitrogen and oxygen atoms in total. The molecular weight excluding hydrogens is 308 g/mol. The largest absolute Gasteiger partial charge is 0.493 e. The Labute approximate surface area is 140 Å². The van der Waals surface area contributed by atoms with Gasteiger partial charge in [-0.3, -0.25) is 14.2 Å². The van der Waals surface area contributed by atoms with Gasteiger partial charge in [0.1, 0.15) is 12.2 Å². The predicted octanol–water partition coefficient (Wildman–Crippen LogP) is 2.49. The lowest BCUT2D eigenvalue weighted by atomic mass is 10.1. The van der Waals surface area contributed by atoms with Gasteiger partial charge in [0.05, 0.1) is 18.7 Å². The second-order valence-corrected chi connectivity index (χ2v) is 7.13. The molecule has 0 spiro atoms. The molecule has 0 radical (unpaired) electrons. The molecule has 128 valence electrons.